The van der Waals surface area contributed by atoms with Crippen molar-refractivity contribution in [2.24, 2.45) is 5.92 Å². The molecule has 0 unspecified atom stereocenters. The van der Waals surface area contributed by atoms with Crippen molar-refractivity contribution < 1.29 is 14.3 Å². The Balaban J connectivity index is 3.34. The quantitative estimate of drug-likeness (QED) is 0.392. The molecule has 0 rings (SSSR count). The van der Waals surface area contributed by atoms with Gasteiger partial charge in [0.05, 0.1) is 12.5 Å². The lowest BCUT2D eigenvalue weighted by Gasteiger charge is -2.06. The van der Waals surface area contributed by atoms with Gasteiger partial charge >= 0.3 is 5.97 Å². The van der Waals surface area contributed by atoms with Gasteiger partial charge in [0, 0.05) is 6.54 Å². The molecule has 4 heteroatoms. The predicted octanol–water partition coefficient (Wildman–Crippen LogP) is 0.878. The van der Waals surface area contributed by atoms with Gasteiger partial charge in [-0.05, 0) is 12.5 Å². The van der Waals surface area contributed by atoms with E-state index >= 15 is 0 Å². The first-order chi connectivity index (χ1) is 6.57. The second kappa shape index (κ2) is 7.12. The number of hydrogen-bond acceptors (Lipinski definition) is 3. The molecule has 0 saturated carbocycles. The molecule has 0 aliphatic heterocycles. The van der Waals surface area contributed by atoms with E-state index in [0.717, 1.165) is 0 Å². The average Bonchev–Trinajstić information content (AvgIpc) is 2.16. The van der Waals surface area contributed by atoms with Crippen molar-refractivity contribution in [1.82, 2.24) is 5.32 Å². The molecule has 0 bridgehead atoms. The van der Waals surface area contributed by atoms with E-state index in [9.17, 15) is 9.59 Å². The molecule has 0 aliphatic carbocycles. The minimum absolute atomic E-state index is 0.0993. The number of rotatable bonds is 6. The number of nitrogens with one attached hydrogen (secondary N) is 1. The monoisotopic (exact) mass is 199 g/mol. The molecule has 0 aromatic heterocycles. The Morgan fingerprint density at radius 1 is 1.50 bits per heavy atom. The third-order valence-corrected chi connectivity index (χ3v) is 1.52. The molecule has 0 spiro atoms. The van der Waals surface area contributed by atoms with E-state index < -0.39 is 0 Å². The fraction of sp³-hybridized carbons (Fsp3) is 0.600. The standard InChI is InChI=1S/C10H17NO3/c1-4-9(12)11-6-5-7-14-10(13)8(2)3/h4,8H,1,5-7H2,2-3H3,(H,11,12). The zero-order valence-electron chi connectivity index (χ0n) is 8.71. The van der Waals surface area contributed by atoms with Crippen molar-refractivity contribution in [3.05, 3.63) is 12.7 Å². The van der Waals surface area contributed by atoms with Crippen molar-refractivity contribution in [3.8, 4) is 0 Å². The molecule has 1 N–H and O–H groups in total. The highest BCUT2D eigenvalue weighted by Crippen LogP contribution is 1.95. The summed E-state index contributed by atoms with van der Waals surface area (Å²) < 4.78 is 4.90. The average molecular weight is 199 g/mol. The minimum Gasteiger partial charge on any atom is -0.465 e. The molecule has 0 radical (unpaired) electrons. The van der Waals surface area contributed by atoms with Gasteiger partial charge in [0.1, 0.15) is 0 Å². The SMILES string of the molecule is C=CC(=O)NCCCOC(=O)C(C)C. The second-order valence-electron chi connectivity index (χ2n) is 3.17. The largest absolute Gasteiger partial charge is 0.465 e. The summed E-state index contributed by atoms with van der Waals surface area (Å²) in [5.41, 5.74) is 0. The summed E-state index contributed by atoms with van der Waals surface area (Å²) >= 11 is 0. The van der Waals surface area contributed by atoms with Gasteiger partial charge < -0.3 is 10.1 Å². The van der Waals surface area contributed by atoms with Gasteiger partial charge in [-0.15, -0.1) is 0 Å². The van der Waals surface area contributed by atoms with Crippen LogP contribution < -0.4 is 5.32 Å². The van der Waals surface area contributed by atoms with E-state index in [2.05, 4.69) is 11.9 Å². The van der Waals surface area contributed by atoms with Gasteiger partial charge in [-0.2, -0.15) is 0 Å². The molecule has 1 amide bonds. The van der Waals surface area contributed by atoms with Crippen LogP contribution in [0.1, 0.15) is 20.3 Å². The van der Waals surface area contributed by atoms with E-state index in [1.165, 1.54) is 6.08 Å². The Hall–Kier alpha value is -1.32. The Labute approximate surface area is 84.3 Å². The van der Waals surface area contributed by atoms with Crippen LogP contribution in [-0.2, 0) is 14.3 Å². The molecule has 0 saturated heterocycles. The van der Waals surface area contributed by atoms with Crippen molar-refractivity contribution in [1.29, 1.82) is 0 Å². The summed E-state index contributed by atoms with van der Waals surface area (Å²) in [5, 5.41) is 2.59. The first-order valence-electron chi connectivity index (χ1n) is 4.64. The van der Waals surface area contributed by atoms with E-state index in [4.69, 9.17) is 4.74 Å². The Morgan fingerprint density at radius 2 is 2.14 bits per heavy atom. The summed E-state index contributed by atoms with van der Waals surface area (Å²) in [4.78, 5) is 21.7. The van der Waals surface area contributed by atoms with Gasteiger partial charge in [-0.3, -0.25) is 9.59 Å². The minimum atomic E-state index is -0.208. The van der Waals surface area contributed by atoms with Crippen LogP contribution in [0.5, 0.6) is 0 Å². The molecule has 0 aromatic carbocycles. The molecule has 0 fully saturated rings. The molecule has 80 valence electrons. The van der Waals surface area contributed by atoms with E-state index in [1.807, 2.05) is 0 Å². The molecule has 4 nitrogen and oxygen atoms in total. The normalized spacial score (nSPS) is 9.64. The Bertz CT molecular complexity index is 211. The van der Waals surface area contributed by atoms with Crippen LogP contribution >= 0.6 is 0 Å². The van der Waals surface area contributed by atoms with Crippen molar-refractivity contribution in [2.45, 2.75) is 20.3 Å². The number of carbonyl (C=O) groups excluding carboxylic acids is 2. The van der Waals surface area contributed by atoms with Gasteiger partial charge in [0.2, 0.25) is 5.91 Å². The maximum Gasteiger partial charge on any atom is 0.308 e. The van der Waals surface area contributed by atoms with E-state index in [1.54, 1.807) is 13.8 Å². The zero-order valence-corrected chi connectivity index (χ0v) is 8.71. The summed E-state index contributed by atoms with van der Waals surface area (Å²) in [6.45, 7) is 7.71. The highest BCUT2D eigenvalue weighted by molar-refractivity contribution is 5.86. The third kappa shape index (κ3) is 6.22. The molecule has 0 atom stereocenters. The van der Waals surface area contributed by atoms with Crippen molar-refractivity contribution in [3.63, 3.8) is 0 Å². The van der Waals surface area contributed by atoms with Crippen LogP contribution in [0.15, 0.2) is 12.7 Å². The number of carbonyl (C=O) groups is 2. The molecule has 0 aromatic rings. The summed E-state index contributed by atoms with van der Waals surface area (Å²) in [7, 11) is 0. The van der Waals surface area contributed by atoms with Crippen LogP contribution in [0.3, 0.4) is 0 Å². The molecular weight excluding hydrogens is 182 g/mol. The Morgan fingerprint density at radius 3 is 2.64 bits per heavy atom. The summed E-state index contributed by atoms with van der Waals surface area (Å²) in [6.07, 6.45) is 1.83. The van der Waals surface area contributed by atoms with Crippen molar-refractivity contribution in [2.75, 3.05) is 13.2 Å². The summed E-state index contributed by atoms with van der Waals surface area (Å²) in [6, 6.07) is 0. The van der Waals surface area contributed by atoms with Gasteiger partial charge in [-0.25, -0.2) is 0 Å². The zero-order chi connectivity index (χ0) is 11.0. The van der Waals surface area contributed by atoms with Crippen LogP contribution in [0.4, 0.5) is 0 Å². The van der Waals surface area contributed by atoms with Gasteiger partial charge in [-0.1, -0.05) is 20.4 Å². The maximum absolute atomic E-state index is 11.0. The number of ether oxygens (including phenoxy) is 1. The van der Waals surface area contributed by atoms with E-state index in [0.29, 0.717) is 19.6 Å². The molecular formula is C10H17NO3. The molecule has 14 heavy (non-hydrogen) atoms. The third-order valence-electron chi connectivity index (χ3n) is 1.52. The first-order valence-corrected chi connectivity index (χ1v) is 4.64. The molecule has 0 aliphatic rings. The van der Waals surface area contributed by atoms with E-state index in [-0.39, 0.29) is 17.8 Å². The van der Waals surface area contributed by atoms with Crippen LogP contribution in [0.2, 0.25) is 0 Å². The fourth-order valence-corrected chi connectivity index (χ4v) is 0.695. The summed E-state index contributed by atoms with van der Waals surface area (Å²) in [5.74, 6) is -0.516. The second-order valence-corrected chi connectivity index (χ2v) is 3.17. The lowest BCUT2D eigenvalue weighted by Crippen LogP contribution is -2.23. The Kier molecular flexibility index (Phi) is 6.45. The lowest BCUT2D eigenvalue weighted by molar-refractivity contribution is -0.147. The van der Waals surface area contributed by atoms with Crippen LogP contribution in [0, 0.1) is 5.92 Å². The fourth-order valence-electron chi connectivity index (χ4n) is 0.695. The van der Waals surface area contributed by atoms with Gasteiger partial charge in [0.15, 0.2) is 0 Å². The van der Waals surface area contributed by atoms with Crippen LogP contribution in [0.25, 0.3) is 0 Å². The van der Waals surface area contributed by atoms with Crippen LogP contribution in [-0.4, -0.2) is 25.0 Å². The van der Waals surface area contributed by atoms with Crippen molar-refractivity contribution >= 4 is 11.9 Å². The smallest absolute Gasteiger partial charge is 0.308 e. The number of esters is 1. The first kappa shape index (κ1) is 12.7. The topological polar surface area (TPSA) is 55.4 Å². The highest BCUT2D eigenvalue weighted by atomic mass is 16.5. The predicted molar refractivity (Wildman–Crippen MR) is 53.6 cm³/mol. The highest BCUT2D eigenvalue weighted by Gasteiger charge is 2.06. The lowest BCUT2D eigenvalue weighted by atomic mass is 10.2. The van der Waals surface area contributed by atoms with Gasteiger partial charge in [0.25, 0.3) is 0 Å². The maximum atomic E-state index is 11.0. The number of hydrogen-bond donors (Lipinski definition) is 1. The number of amides is 1. The molecule has 0 heterocycles.